The fourth-order valence-electron chi connectivity index (χ4n) is 3.00. The number of hydrogen-bond donors (Lipinski definition) is 0. The molecular weight excluding hydrogens is 320 g/mol. The molecule has 2 nitrogen and oxygen atoms in total. The average Bonchev–Trinajstić information content (AvgIpc) is 3.20. The maximum absolute atomic E-state index is 12.0. The molecule has 2 aromatic rings. The first kappa shape index (κ1) is 13.7. The molecule has 4 rings (SSSR count). The summed E-state index contributed by atoms with van der Waals surface area (Å²) < 4.78 is 5.14. The lowest BCUT2D eigenvalue weighted by Gasteiger charge is -2.24. The molecule has 5 heteroatoms. The molecule has 0 saturated carbocycles. The smallest absolute Gasteiger partial charge is 0.338 e. The summed E-state index contributed by atoms with van der Waals surface area (Å²) in [6.07, 6.45) is 0. The first-order valence-corrected chi connectivity index (χ1v) is 9.79. The lowest BCUT2D eigenvalue weighted by Crippen LogP contribution is -2.13. The van der Waals surface area contributed by atoms with Gasteiger partial charge in [0.25, 0.3) is 0 Å². The van der Waals surface area contributed by atoms with Crippen molar-refractivity contribution in [2.24, 2.45) is 0 Å². The van der Waals surface area contributed by atoms with E-state index < -0.39 is 0 Å². The van der Waals surface area contributed by atoms with Crippen LogP contribution in [-0.2, 0) is 8.82 Å². The van der Waals surface area contributed by atoms with E-state index in [1.807, 2.05) is 42.6 Å². The van der Waals surface area contributed by atoms with E-state index in [-0.39, 0.29) is 10.0 Å². The van der Waals surface area contributed by atoms with Crippen LogP contribution >= 0.6 is 34.9 Å². The summed E-state index contributed by atoms with van der Waals surface area (Å²) in [7, 11) is 0. The Bertz CT molecular complexity index is 714. The summed E-state index contributed by atoms with van der Waals surface area (Å²) in [6, 6.07) is 8.27. The summed E-state index contributed by atoms with van der Waals surface area (Å²) in [5.74, 6) is 2.09. The zero-order valence-electron chi connectivity index (χ0n) is 11.5. The molecule has 1 aromatic heterocycles. The summed E-state index contributed by atoms with van der Waals surface area (Å²) in [6.45, 7) is 2.25. The van der Waals surface area contributed by atoms with Gasteiger partial charge in [-0.1, -0.05) is 6.07 Å². The number of fused-ring (bicyclic) bond motifs is 5. The standard InChI is InChI=1S/C16H14O2S3/c1-2-18-15(17)10-3-4-11-13(9-10)16(20-7-8-21-16)12-5-6-19-14(11)12/h3-6,9H,2,7-8H2,1H3. The number of rotatable bonds is 2. The second kappa shape index (κ2) is 5.07. The number of ether oxygens (including phenoxy) is 1. The maximum atomic E-state index is 12.0. The Balaban J connectivity index is 1.88. The van der Waals surface area contributed by atoms with Gasteiger partial charge in [0.2, 0.25) is 0 Å². The molecule has 1 aromatic carbocycles. The van der Waals surface area contributed by atoms with Crippen molar-refractivity contribution in [1.29, 1.82) is 0 Å². The van der Waals surface area contributed by atoms with Crippen LogP contribution in [0.3, 0.4) is 0 Å². The van der Waals surface area contributed by atoms with Crippen LogP contribution in [0.1, 0.15) is 28.4 Å². The molecule has 1 saturated heterocycles. The Morgan fingerprint density at radius 3 is 2.81 bits per heavy atom. The van der Waals surface area contributed by atoms with Gasteiger partial charge in [0.05, 0.1) is 12.2 Å². The first-order chi connectivity index (χ1) is 10.3. The minimum atomic E-state index is -0.223. The summed E-state index contributed by atoms with van der Waals surface area (Å²) >= 11 is 5.78. The van der Waals surface area contributed by atoms with Crippen LogP contribution in [0.5, 0.6) is 0 Å². The van der Waals surface area contributed by atoms with Gasteiger partial charge in [0, 0.05) is 21.9 Å². The molecule has 2 heterocycles. The summed E-state index contributed by atoms with van der Waals surface area (Å²) in [5, 5.41) is 2.17. The highest BCUT2D eigenvalue weighted by Gasteiger charge is 2.47. The van der Waals surface area contributed by atoms with Gasteiger partial charge >= 0.3 is 5.97 Å². The summed E-state index contributed by atoms with van der Waals surface area (Å²) in [5.41, 5.74) is 4.64. The quantitative estimate of drug-likeness (QED) is 0.751. The monoisotopic (exact) mass is 334 g/mol. The number of hydrogen-bond acceptors (Lipinski definition) is 5. The van der Waals surface area contributed by atoms with Crippen LogP contribution < -0.4 is 0 Å². The number of esters is 1. The fraction of sp³-hybridized carbons (Fsp3) is 0.312. The van der Waals surface area contributed by atoms with Crippen molar-refractivity contribution in [3.63, 3.8) is 0 Å². The van der Waals surface area contributed by atoms with E-state index in [0.29, 0.717) is 12.2 Å². The molecule has 1 aliphatic heterocycles. The first-order valence-electron chi connectivity index (χ1n) is 6.94. The highest BCUT2D eigenvalue weighted by atomic mass is 32.2. The van der Waals surface area contributed by atoms with Crippen LogP contribution in [0.2, 0.25) is 0 Å². The molecule has 1 aliphatic carbocycles. The molecule has 0 bridgehead atoms. The summed E-state index contributed by atoms with van der Waals surface area (Å²) in [4.78, 5) is 13.4. The van der Waals surface area contributed by atoms with Crippen molar-refractivity contribution >= 4 is 40.8 Å². The number of carbonyl (C=O) groups excluding carboxylic acids is 1. The van der Waals surface area contributed by atoms with E-state index in [1.165, 1.54) is 21.6 Å². The minimum Gasteiger partial charge on any atom is -0.462 e. The van der Waals surface area contributed by atoms with Gasteiger partial charge in [-0.25, -0.2) is 4.79 Å². The van der Waals surface area contributed by atoms with Crippen LogP contribution in [0.15, 0.2) is 29.6 Å². The van der Waals surface area contributed by atoms with Gasteiger partial charge in [-0.15, -0.1) is 34.9 Å². The Kier molecular flexibility index (Phi) is 3.32. The van der Waals surface area contributed by atoms with Crippen LogP contribution in [0.25, 0.3) is 10.4 Å². The Morgan fingerprint density at radius 2 is 2.05 bits per heavy atom. The average molecular weight is 334 g/mol. The minimum absolute atomic E-state index is 0.00677. The molecular formula is C16H14O2S3. The Labute approximate surface area is 136 Å². The van der Waals surface area contributed by atoms with Gasteiger partial charge in [-0.05, 0) is 41.6 Å². The molecule has 0 amide bonds. The number of thiophene rings is 1. The van der Waals surface area contributed by atoms with Crippen molar-refractivity contribution in [3.05, 3.63) is 46.3 Å². The van der Waals surface area contributed by atoms with E-state index >= 15 is 0 Å². The van der Waals surface area contributed by atoms with Crippen molar-refractivity contribution in [1.82, 2.24) is 0 Å². The predicted molar refractivity (Wildman–Crippen MR) is 91.4 cm³/mol. The van der Waals surface area contributed by atoms with Gasteiger partial charge in [0.15, 0.2) is 0 Å². The van der Waals surface area contributed by atoms with Crippen molar-refractivity contribution in [3.8, 4) is 10.4 Å². The third-order valence-electron chi connectivity index (χ3n) is 3.84. The lowest BCUT2D eigenvalue weighted by atomic mass is 10.1. The van der Waals surface area contributed by atoms with Gasteiger partial charge in [-0.3, -0.25) is 0 Å². The second-order valence-electron chi connectivity index (χ2n) is 4.96. The largest absolute Gasteiger partial charge is 0.462 e. The van der Waals surface area contributed by atoms with E-state index in [1.54, 1.807) is 11.3 Å². The maximum Gasteiger partial charge on any atom is 0.338 e. The predicted octanol–water partition coefficient (Wildman–Crippen LogP) is 4.59. The van der Waals surface area contributed by atoms with Gasteiger partial charge in [0.1, 0.15) is 4.08 Å². The van der Waals surface area contributed by atoms with Crippen LogP contribution in [0.4, 0.5) is 0 Å². The molecule has 0 atom stereocenters. The second-order valence-corrected chi connectivity index (χ2v) is 8.75. The molecule has 108 valence electrons. The van der Waals surface area contributed by atoms with E-state index in [4.69, 9.17) is 4.74 Å². The SMILES string of the molecule is CCOC(=O)c1ccc2c(c1)C1(SCCS1)c1ccsc1-2. The molecule has 21 heavy (non-hydrogen) atoms. The van der Waals surface area contributed by atoms with E-state index in [9.17, 15) is 4.79 Å². The number of carbonyl (C=O) groups is 1. The molecule has 2 aliphatic rings. The van der Waals surface area contributed by atoms with Crippen LogP contribution in [0, 0.1) is 0 Å². The zero-order chi connectivity index (χ0) is 14.4. The van der Waals surface area contributed by atoms with Gasteiger partial charge in [-0.2, -0.15) is 0 Å². The van der Waals surface area contributed by atoms with Crippen molar-refractivity contribution in [2.75, 3.05) is 18.1 Å². The molecule has 1 fully saturated rings. The van der Waals surface area contributed by atoms with Gasteiger partial charge < -0.3 is 4.74 Å². The third kappa shape index (κ3) is 1.91. The van der Waals surface area contributed by atoms with Crippen molar-refractivity contribution < 1.29 is 9.53 Å². The Hall–Kier alpha value is -0.910. The lowest BCUT2D eigenvalue weighted by molar-refractivity contribution is 0.0526. The highest BCUT2D eigenvalue weighted by Crippen LogP contribution is 2.65. The highest BCUT2D eigenvalue weighted by molar-refractivity contribution is 8.21. The van der Waals surface area contributed by atoms with Crippen molar-refractivity contribution in [2.45, 2.75) is 11.0 Å². The molecule has 0 radical (unpaired) electrons. The third-order valence-corrected chi connectivity index (χ3v) is 8.27. The van der Waals surface area contributed by atoms with Crippen LogP contribution in [-0.4, -0.2) is 24.1 Å². The Morgan fingerprint density at radius 1 is 1.24 bits per heavy atom. The van der Waals surface area contributed by atoms with E-state index in [2.05, 4.69) is 17.5 Å². The molecule has 0 N–H and O–H groups in total. The van der Waals surface area contributed by atoms with E-state index in [0.717, 1.165) is 11.5 Å². The normalized spacial score (nSPS) is 17.8. The zero-order valence-corrected chi connectivity index (χ0v) is 14.0. The molecule has 0 unspecified atom stereocenters. The topological polar surface area (TPSA) is 26.3 Å². The number of benzene rings is 1. The number of thioether (sulfide) groups is 2. The molecule has 1 spiro atoms. The fourth-order valence-corrected chi connectivity index (χ4v) is 7.50.